The van der Waals surface area contributed by atoms with Gasteiger partial charge in [-0.15, -0.1) is 0 Å². The van der Waals surface area contributed by atoms with E-state index in [2.05, 4.69) is 15.5 Å². The third kappa shape index (κ3) is 6.96. The van der Waals surface area contributed by atoms with E-state index in [1.807, 2.05) is 45.0 Å². The van der Waals surface area contributed by atoms with Gasteiger partial charge in [0, 0.05) is 23.7 Å². The average Bonchev–Trinajstić information content (AvgIpc) is 2.99. The summed E-state index contributed by atoms with van der Waals surface area (Å²) in [4.78, 5) is 55.1. The summed E-state index contributed by atoms with van der Waals surface area (Å²) in [5.41, 5.74) is 1.92. The predicted octanol–water partition coefficient (Wildman–Crippen LogP) is 4.60. The van der Waals surface area contributed by atoms with Gasteiger partial charge < -0.3 is 25.5 Å². The molecule has 1 atom stereocenters. The van der Waals surface area contributed by atoms with E-state index in [0.717, 1.165) is 31.4 Å². The number of anilines is 3. The van der Waals surface area contributed by atoms with Crippen molar-refractivity contribution in [2.75, 3.05) is 28.2 Å². The van der Waals surface area contributed by atoms with Gasteiger partial charge in [-0.25, -0.2) is 4.79 Å². The zero-order valence-corrected chi connectivity index (χ0v) is 22.9. The summed E-state index contributed by atoms with van der Waals surface area (Å²) in [6.07, 6.45) is 5.23. The Morgan fingerprint density at radius 3 is 2.33 bits per heavy atom. The van der Waals surface area contributed by atoms with Crippen LogP contribution >= 0.6 is 0 Å². The summed E-state index contributed by atoms with van der Waals surface area (Å²) in [6.45, 7) is 5.70. The monoisotopic (exact) mass is 534 g/mol. The molecule has 3 N–H and O–H groups in total. The number of nitrogens with zero attached hydrogens (tertiary/aromatic N) is 2. The third-order valence-corrected chi connectivity index (χ3v) is 7.42. The third-order valence-electron chi connectivity index (χ3n) is 7.42. The van der Waals surface area contributed by atoms with Crippen molar-refractivity contribution in [3.8, 4) is 0 Å². The van der Waals surface area contributed by atoms with Crippen LogP contribution in [0.5, 0.6) is 0 Å². The van der Waals surface area contributed by atoms with Gasteiger partial charge in [0.15, 0.2) is 5.78 Å². The number of carbonyl (C=O) groups is 4. The minimum Gasteiger partial charge on any atom is -0.481 e. The van der Waals surface area contributed by atoms with Crippen LogP contribution in [0.1, 0.15) is 58.4 Å². The first kappa shape index (κ1) is 28.1. The molecule has 0 radical (unpaired) electrons. The number of ketones is 1. The van der Waals surface area contributed by atoms with Crippen molar-refractivity contribution in [1.82, 2.24) is 5.32 Å². The second-order valence-electron chi connectivity index (χ2n) is 11.5. The number of benzene rings is 2. The Labute approximate surface area is 229 Å². The van der Waals surface area contributed by atoms with E-state index in [4.69, 9.17) is 5.11 Å². The van der Waals surface area contributed by atoms with Gasteiger partial charge in [-0.1, -0.05) is 64.3 Å². The first-order valence-electron chi connectivity index (χ1n) is 13.6. The molecule has 1 unspecified atom stereocenters. The molecule has 0 aromatic heterocycles. The normalized spacial score (nSPS) is 18.2. The smallest absolute Gasteiger partial charge is 0.319 e. The van der Waals surface area contributed by atoms with E-state index >= 15 is 0 Å². The number of para-hydroxylation sites is 2. The zero-order valence-electron chi connectivity index (χ0n) is 22.9. The fourth-order valence-electron chi connectivity index (χ4n) is 5.26. The van der Waals surface area contributed by atoms with E-state index in [0.29, 0.717) is 16.9 Å². The lowest BCUT2D eigenvalue weighted by Gasteiger charge is -2.37. The van der Waals surface area contributed by atoms with Crippen molar-refractivity contribution in [2.24, 2.45) is 5.41 Å². The number of Topliss-reactive ketones (excluding diaryl/α,β-unsaturated/α-hetero) is 1. The maximum Gasteiger partial charge on any atom is 0.319 e. The van der Waals surface area contributed by atoms with Crippen LogP contribution in [0.25, 0.3) is 0 Å². The number of hydrogen-bond acceptors (Lipinski definition) is 5. The molecule has 1 saturated carbocycles. The molecule has 1 fully saturated rings. The Morgan fingerprint density at radius 2 is 1.67 bits per heavy atom. The molecule has 2 aromatic carbocycles. The van der Waals surface area contributed by atoms with Gasteiger partial charge in [-0.05, 0) is 42.7 Å². The lowest BCUT2D eigenvalue weighted by molar-refractivity contribution is -0.136. The van der Waals surface area contributed by atoms with Crippen molar-refractivity contribution < 1.29 is 24.3 Å². The predicted molar refractivity (Wildman–Crippen MR) is 151 cm³/mol. The van der Waals surface area contributed by atoms with Crippen LogP contribution in [0.2, 0.25) is 0 Å². The summed E-state index contributed by atoms with van der Waals surface area (Å²) >= 11 is 0. The van der Waals surface area contributed by atoms with Crippen LogP contribution in [0, 0.1) is 5.41 Å². The highest BCUT2D eigenvalue weighted by molar-refractivity contribution is 6.08. The van der Waals surface area contributed by atoms with Crippen LogP contribution in [-0.4, -0.2) is 54.0 Å². The number of urea groups is 1. The van der Waals surface area contributed by atoms with Crippen molar-refractivity contribution in [3.05, 3.63) is 54.1 Å². The minimum absolute atomic E-state index is 0.0739. The molecule has 2 aliphatic rings. The Hall–Kier alpha value is -3.88. The minimum atomic E-state index is -0.965. The van der Waals surface area contributed by atoms with Gasteiger partial charge in [0.2, 0.25) is 0 Å². The summed E-state index contributed by atoms with van der Waals surface area (Å²) in [5.74, 6) is -1.38. The van der Waals surface area contributed by atoms with Gasteiger partial charge in [-0.3, -0.25) is 14.4 Å². The number of amides is 3. The van der Waals surface area contributed by atoms with Crippen LogP contribution in [0.3, 0.4) is 0 Å². The lowest BCUT2D eigenvalue weighted by atomic mass is 9.90. The van der Waals surface area contributed by atoms with Gasteiger partial charge >= 0.3 is 12.0 Å². The Kier molecular flexibility index (Phi) is 8.57. The number of carbonyl (C=O) groups excluding carboxylic acids is 3. The van der Waals surface area contributed by atoms with E-state index in [1.165, 1.54) is 11.3 Å². The van der Waals surface area contributed by atoms with Crippen LogP contribution in [0.4, 0.5) is 21.9 Å². The van der Waals surface area contributed by atoms with Gasteiger partial charge in [-0.2, -0.15) is 0 Å². The van der Waals surface area contributed by atoms with Gasteiger partial charge in [0.05, 0.1) is 24.3 Å². The Morgan fingerprint density at radius 1 is 0.974 bits per heavy atom. The maximum absolute atomic E-state index is 14.0. The lowest BCUT2D eigenvalue weighted by Crippen LogP contribution is -2.55. The van der Waals surface area contributed by atoms with E-state index < -0.39 is 23.5 Å². The fourth-order valence-corrected chi connectivity index (χ4v) is 5.26. The van der Waals surface area contributed by atoms with Gasteiger partial charge in [0.1, 0.15) is 6.04 Å². The van der Waals surface area contributed by atoms with Crippen molar-refractivity contribution in [1.29, 1.82) is 0 Å². The summed E-state index contributed by atoms with van der Waals surface area (Å²) in [6, 6.07) is 13.0. The summed E-state index contributed by atoms with van der Waals surface area (Å²) < 4.78 is 0. The molecule has 3 amide bonds. The Bertz CT molecular complexity index is 1230. The number of aliphatic carboxylic acids is 1. The highest BCUT2D eigenvalue weighted by Crippen LogP contribution is 2.37. The molecular formula is C30H38N4O5. The zero-order chi connectivity index (χ0) is 28.2. The first-order valence-corrected chi connectivity index (χ1v) is 13.6. The Balaban J connectivity index is 1.63. The van der Waals surface area contributed by atoms with E-state index in [1.54, 1.807) is 24.3 Å². The molecule has 1 aliphatic carbocycles. The molecule has 39 heavy (non-hydrogen) atoms. The van der Waals surface area contributed by atoms with E-state index in [9.17, 15) is 19.2 Å². The fraction of sp³-hybridized carbons (Fsp3) is 0.467. The van der Waals surface area contributed by atoms with Crippen LogP contribution < -0.4 is 20.4 Å². The number of nitrogens with one attached hydrogen (secondary N) is 2. The molecule has 0 saturated heterocycles. The molecule has 1 heterocycles. The SMILES string of the molecule is CC(C)(C)C(=O)CN1C(=O)C(NC(=O)Nc2cccc(CC(=O)O)c2)CN(C2CCCCC2)c2ccccc21. The molecule has 4 rings (SSSR count). The second kappa shape index (κ2) is 11.9. The molecule has 1 aliphatic heterocycles. The van der Waals surface area contributed by atoms with Gasteiger partial charge in [0.25, 0.3) is 5.91 Å². The van der Waals surface area contributed by atoms with Crippen LogP contribution in [0.15, 0.2) is 48.5 Å². The number of rotatable bonds is 7. The highest BCUT2D eigenvalue weighted by atomic mass is 16.4. The summed E-state index contributed by atoms with van der Waals surface area (Å²) in [7, 11) is 0. The highest BCUT2D eigenvalue weighted by Gasteiger charge is 2.39. The quantitative estimate of drug-likeness (QED) is 0.478. The number of carboxylic acids is 1. The topological polar surface area (TPSA) is 119 Å². The largest absolute Gasteiger partial charge is 0.481 e. The number of fused-ring (bicyclic) bond motifs is 1. The van der Waals surface area contributed by atoms with Crippen LogP contribution in [-0.2, 0) is 20.8 Å². The number of hydrogen-bond donors (Lipinski definition) is 3. The van der Waals surface area contributed by atoms with E-state index in [-0.39, 0.29) is 37.2 Å². The van der Waals surface area contributed by atoms with Crippen molar-refractivity contribution in [2.45, 2.75) is 71.4 Å². The molecule has 9 heteroatoms. The molecule has 2 aromatic rings. The molecule has 9 nitrogen and oxygen atoms in total. The van der Waals surface area contributed by atoms with Crippen molar-refractivity contribution in [3.63, 3.8) is 0 Å². The molecule has 0 bridgehead atoms. The first-order chi connectivity index (χ1) is 18.5. The second-order valence-corrected chi connectivity index (χ2v) is 11.5. The number of carboxylic acid groups (broad SMARTS) is 1. The average molecular weight is 535 g/mol. The summed E-state index contributed by atoms with van der Waals surface area (Å²) in [5, 5.41) is 14.7. The standard InChI is InChI=1S/C30H38N4O5/c1-30(2,3)26(35)19-34-25-15-8-7-14-24(25)33(22-12-5-4-6-13-22)18-23(28(34)38)32-29(39)31-21-11-9-10-20(16-21)17-27(36)37/h7-11,14-16,22-23H,4-6,12-13,17-19H2,1-3H3,(H,36,37)(H2,31,32,39). The maximum atomic E-state index is 14.0. The van der Waals surface area contributed by atoms with Crippen molar-refractivity contribution >= 4 is 40.8 Å². The molecule has 208 valence electrons. The molecular weight excluding hydrogens is 496 g/mol. The molecule has 0 spiro atoms.